The van der Waals surface area contributed by atoms with Crippen LogP contribution in [0.4, 0.5) is 0 Å². The molecule has 1 aromatic heterocycles. The van der Waals surface area contributed by atoms with Gasteiger partial charge in [0.2, 0.25) is 11.2 Å². The molecule has 164 valence electrons. The molecule has 32 heavy (non-hydrogen) atoms. The summed E-state index contributed by atoms with van der Waals surface area (Å²) in [6.07, 6.45) is 0. The largest absolute Gasteiger partial charge is 0.490 e. The van der Waals surface area contributed by atoms with Crippen LogP contribution < -0.4 is 14.9 Å². The molecule has 0 radical (unpaired) electrons. The van der Waals surface area contributed by atoms with Gasteiger partial charge in [-0.15, -0.1) is 0 Å². The molecule has 4 rings (SSSR count). The third kappa shape index (κ3) is 4.81. The van der Waals surface area contributed by atoms with Crippen LogP contribution in [0.1, 0.15) is 26.3 Å². The molecule has 0 unspecified atom stereocenters. The summed E-state index contributed by atoms with van der Waals surface area (Å²) in [6.45, 7) is 6.95. The van der Waals surface area contributed by atoms with Gasteiger partial charge in [0.25, 0.3) is 0 Å². The van der Waals surface area contributed by atoms with Crippen LogP contribution >= 0.6 is 11.6 Å². The van der Waals surface area contributed by atoms with E-state index >= 15 is 0 Å². The van der Waals surface area contributed by atoms with E-state index in [2.05, 4.69) is 20.8 Å². The molecule has 0 bridgehead atoms. The van der Waals surface area contributed by atoms with Gasteiger partial charge in [-0.05, 0) is 41.3 Å². The third-order valence-electron chi connectivity index (χ3n) is 5.17. The number of benzene rings is 3. The lowest BCUT2D eigenvalue weighted by molar-refractivity contribution is 0.214. The van der Waals surface area contributed by atoms with E-state index in [1.807, 2.05) is 54.6 Å². The second-order valence-corrected chi connectivity index (χ2v) is 9.00. The topological polar surface area (TPSA) is 48.7 Å². The lowest BCUT2D eigenvalue weighted by Crippen LogP contribution is -2.15. The Morgan fingerprint density at radius 1 is 0.875 bits per heavy atom. The lowest BCUT2D eigenvalue weighted by atomic mass is 9.86. The molecule has 0 N–H and O–H groups in total. The highest BCUT2D eigenvalue weighted by atomic mass is 35.5. The van der Waals surface area contributed by atoms with Crippen LogP contribution in [0.25, 0.3) is 22.3 Å². The van der Waals surface area contributed by atoms with Crippen molar-refractivity contribution in [3.63, 3.8) is 0 Å². The summed E-state index contributed by atoms with van der Waals surface area (Å²) in [5.41, 5.74) is 2.18. The Bertz CT molecular complexity index is 1270. The SMILES string of the molecule is CC(C)(C)c1ccc(-c2oc3ccc(Cl)cc3c(=O)c2OCCOc2ccccc2)cc1. The van der Waals surface area contributed by atoms with Gasteiger partial charge in [-0.25, -0.2) is 0 Å². The molecule has 3 aromatic carbocycles. The Balaban J connectivity index is 1.68. The van der Waals surface area contributed by atoms with E-state index in [-0.39, 0.29) is 23.2 Å². The molecule has 5 heteroatoms. The Hall–Kier alpha value is -3.24. The summed E-state index contributed by atoms with van der Waals surface area (Å²) in [7, 11) is 0. The monoisotopic (exact) mass is 448 g/mol. The van der Waals surface area contributed by atoms with Gasteiger partial charge in [-0.3, -0.25) is 4.79 Å². The van der Waals surface area contributed by atoms with Crippen LogP contribution in [0, 0.1) is 0 Å². The van der Waals surface area contributed by atoms with E-state index in [0.717, 1.165) is 11.3 Å². The third-order valence-corrected chi connectivity index (χ3v) is 5.40. The zero-order valence-corrected chi connectivity index (χ0v) is 19.1. The second kappa shape index (κ2) is 9.09. The Morgan fingerprint density at radius 3 is 2.25 bits per heavy atom. The van der Waals surface area contributed by atoms with E-state index in [0.29, 0.717) is 28.4 Å². The van der Waals surface area contributed by atoms with Gasteiger partial charge >= 0.3 is 0 Å². The van der Waals surface area contributed by atoms with Crippen molar-refractivity contribution in [1.29, 1.82) is 0 Å². The number of fused-ring (bicyclic) bond motifs is 1. The summed E-state index contributed by atoms with van der Waals surface area (Å²) in [6, 6.07) is 22.5. The van der Waals surface area contributed by atoms with Gasteiger partial charge in [-0.1, -0.05) is 74.8 Å². The van der Waals surface area contributed by atoms with Gasteiger partial charge in [0.15, 0.2) is 5.76 Å². The van der Waals surface area contributed by atoms with E-state index in [4.69, 9.17) is 25.5 Å². The molecule has 0 atom stereocenters. The van der Waals surface area contributed by atoms with Crippen LogP contribution in [-0.4, -0.2) is 13.2 Å². The van der Waals surface area contributed by atoms with Crippen LogP contribution in [-0.2, 0) is 5.41 Å². The first-order valence-corrected chi connectivity index (χ1v) is 10.9. The smallest absolute Gasteiger partial charge is 0.235 e. The number of halogens is 1. The summed E-state index contributed by atoms with van der Waals surface area (Å²) < 4.78 is 17.7. The van der Waals surface area contributed by atoms with Crippen LogP contribution in [0.2, 0.25) is 5.02 Å². The van der Waals surface area contributed by atoms with Crippen molar-refractivity contribution in [2.24, 2.45) is 0 Å². The first-order chi connectivity index (χ1) is 15.3. The first kappa shape index (κ1) is 22.0. The number of rotatable bonds is 6. The second-order valence-electron chi connectivity index (χ2n) is 8.57. The average molecular weight is 449 g/mol. The maximum Gasteiger partial charge on any atom is 0.235 e. The number of hydrogen-bond acceptors (Lipinski definition) is 4. The number of hydrogen-bond donors (Lipinski definition) is 0. The summed E-state index contributed by atoms with van der Waals surface area (Å²) >= 11 is 6.11. The molecule has 0 fully saturated rings. The predicted octanol–water partition coefficient (Wildman–Crippen LogP) is 6.87. The molecule has 0 spiro atoms. The minimum atomic E-state index is -0.261. The van der Waals surface area contributed by atoms with Crippen molar-refractivity contribution in [3.8, 4) is 22.8 Å². The average Bonchev–Trinajstić information content (AvgIpc) is 2.78. The molecule has 0 amide bonds. The molecular weight excluding hydrogens is 424 g/mol. The maximum absolute atomic E-state index is 13.3. The highest BCUT2D eigenvalue weighted by molar-refractivity contribution is 6.31. The van der Waals surface area contributed by atoms with Crippen LogP contribution in [0.15, 0.2) is 82.0 Å². The molecular formula is C27H25ClO4. The van der Waals surface area contributed by atoms with Crippen molar-refractivity contribution in [1.82, 2.24) is 0 Å². The molecule has 1 heterocycles. The fraction of sp³-hybridized carbons (Fsp3) is 0.222. The standard InChI is InChI=1S/C27H25ClO4/c1-27(2,3)19-11-9-18(10-12-19)25-26(31-16-15-30-21-7-5-4-6-8-21)24(29)22-17-20(28)13-14-23(22)32-25/h4-14,17H,15-16H2,1-3H3. The Morgan fingerprint density at radius 2 is 1.56 bits per heavy atom. The maximum atomic E-state index is 13.3. The highest BCUT2D eigenvalue weighted by Gasteiger charge is 2.19. The van der Waals surface area contributed by atoms with Gasteiger partial charge < -0.3 is 13.9 Å². The minimum absolute atomic E-state index is 0.0214. The van der Waals surface area contributed by atoms with Gasteiger partial charge in [0, 0.05) is 10.6 Å². The quantitative estimate of drug-likeness (QED) is 0.302. The fourth-order valence-electron chi connectivity index (χ4n) is 3.41. The molecule has 4 aromatic rings. The van der Waals surface area contributed by atoms with Crippen molar-refractivity contribution < 1.29 is 13.9 Å². The minimum Gasteiger partial charge on any atom is -0.490 e. The van der Waals surface area contributed by atoms with Gasteiger partial charge in [0.1, 0.15) is 24.5 Å². The zero-order chi connectivity index (χ0) is 22.7. The van der Waals surface area contributed by atoms with Gasteiger partial charge in [0.05, 0.1) is 5.39 Å². The molecule has 4 nitrogen and oxygen atoms in total. The van der Waals surface area contributed by atoms with Crippen molar-refractivity contribution in [2.45, 2.75) is 26.2 Å². The normalized spacial score (nSPS) is 11.5. The Labute approximate surface area is 192 Å². The lowest BCUT2D eigenvalue weighted by Gasteiger charge is -2.19. The molecule has 0 aliphatic carbocycles. The van der Waals surface area contributed by atoms with Crippen LogP contribution in [0.5, 0.6) is 11.5 Å². The summed E-state index contributed by atoms with van der Waals surface area (Å²) in [5.74, 6) is 1.29. The van der Waals surface area contributed by atoms with Crippen molar-refractivity contribution in [2.75, 3.05) is 13.2 Å². The molecule has 0 saturated carbocycles. The van der Waals surface area contributed by atoms with Crippen molar-refractivity contribution in [3.05, 3.63) is 93.6 Å². The number of ether oxygens (including phenoxy) is 2. The summed E-state index contributed by atoms with van der Waals surface area (Å²) in [5, 5.41) is 0.844. The first-order valence-electron chi connectivity index (χ1n) is 10.5. The zero-order valence-electron chi connectivity index (χ0n) is 18.4. The van der Waals surface area contributed by atoms with E-state index in [9.17, 15) is 4.79 Å². The van der Waals surface area contributed by atoms with Gasteiger partial charge in [-0.2, -0.15) is 0 Å². The van der Waals surface area contributed by atoms with Crippen LogP contribution in [0.3, 0.4) is 0 Å². The Kier molecular flexibility index (Phi) is 6.24. The molecule has 0 aliphatic heterocycles. The molecule has 0 saturated heterocycles. The van der Waals surface area contributed by atoms with E-state index < -0.39 is 0 Å². The molecule has 0 aliphatic rings. The highest BCUT2D eigenvalue weighted by Crippen LogP contribution is 2.33. The van der Waals surface area contributed by atoms with E-state index in [1.54, 1.807) is 18.2 Å². The fourth-order valence-corrected chi connectivity index (χ4v) is 3.59. The van der Waals surface area contributed by atoms with E-state index in [1.165, 1.54) is 5.56 Å². The van der Waals surface area contributed by atoms with Crippen molar-refractivity contribution >= 4 is 22.6 Å². The summed E-state index contributed by atoms with van der Waals surface area (Å²) in [4.78, 5) is 13.3. The predicted molar refractivity (Wildman–Crippen MR) is 129 cm³/mol. The number of para-hydroxylation sites is 1.